The summed E-state index contributed by atoms with van der Waals surface area (Å²) >= 11 is 2.22. The number of nitrogens with one attached hydrogen (secondary N) is 7. The summed E-state index contributed by atoms with van der Waals surface area (Å²) in [6.45, 7) is 5.92. The zero-order valence-corrected chi connectivity index (χ0v) is 42.9. The first-order valence-corrected chi connectivity index (χ1v) is 24.9. The van der Waals surface area contributed by atoms with E-state index in [1.165, 1.54) is 0 Å². The quantitative estimate of drug-likeness (QED) is 0.0258. The van der Waals surface area contributed by atoms with Gasteiger partial charge in [-0.2, -0.15) is 0 Å². The summed E-state index contributed by atoms with van der Waals surface area (Å²) in [6.07, 6.45) is 4.12. The lowest BCUT2D eigenvalue weighted by atomic mass is 10.0. The highest BCUT2D eigenvalue weighted by molar-refractivity contribution is 14.1. The van der Waals surface area contributed by atoms with E-state index in [1.807, 2.05) is 29.6 Å². The van der Waals surface area contributed by atoms with Crippen LogP contribution in [0.25, 0.3) is 0 Å². The normalized spacial score (nSPS) is 12.7. The summed E-state index contributed by atoms with van der Waals surface area (Å²) in [4.78, 5) is 134. The summed E-state index contributed by atoms with van der Waals surface area (Å²) in [5.74, 6) is -9.04. The monoisotopic (exact) mass is 1120 g/mol. The van der Waals surface area contributed by atoms with E-state index in [-0.39, 0.29) is 51.1 Å². The first-order chi connectivity index (χ1) is 33.5. The van der Waals surface area contributed by atoms with Crippen LogP contribution in [0.3, 0.4) is 0 Å². The largest absolute Gasteiger partial charge is 0.481 e. The number of halogens is 1. The average molecular weight is 1120 g/mol. The molecule has 0 spiro atoms. The second-order valence-corrected chi connectivity index (χ2v) is 19.1. The number of hydrogen-bond acceptors (Lipinski definition) is 12. The lowest BCUT2D eigenvalue weighted by molar-refractivity contribution is -0.150. The van der Waals surface area contributed by atoms with Crippen LogP contribution in [-0.2, 0) is 54.3 Å². The molecule has 7 amide bonds. The fourth-order valence-electron chi connectivity index (χ4n) is 6.77. The van der Waals surface area contributed by atoms with Crippen LogP contribution in [0.4, 0.5) is 9.59 Å². The topological polar surface area (TPSA) is 362 Å². The number of alkyl carbamates (subject to hydrolysis) is 1. The fraction of sp³-hybridized carbons (Fsp3) is 0.638. The molecule has 0 aliphatic carbocycles. The summed E-state index contributed by atoms with van der Waals surface area (Å²) in [6, 6.07) is 1.26. The first kappa shape index (κ1) is 62.9. The minimum Gasteiger partial charge on any atom is -0.481 e. The summed E-state index contributed by atoms with van der Waals surface area (Å²) < 4.78 is 6.35. The number of amides is 7. The second-order valence-electron chi connectivity index (χ2n) is 17.8. The van der Waals surface area contributed by atoms with Crippen LogP contribution in [0.5, 0.6) is 0 Å². The van der Waals surface area contributed by atoms with Gasteiger partial charge in [-0.15, -0.1) is 0 Å². The zero-order valence-electron chi connectivity index (χ0n) is 40.7. The van der Waals surface area contributed by atoms with Crippen molar-refractivity contribution in [2.75, 3.05) is 19.6 Å². The van der Waals surface area contributed by atoms with Crippen LogP contribution in [0.15, 0.2) is 24.3 Å². The Morgan fingerprint density at radius 2 is 1.01 bits per heavy atom. The molecule has 0 fully saturated rings. The minimum absolute atomic E-state index is 0.0235. The summed E-state index contributed by atoms with van der Waals surface area (Å²) in [5, 5.41) is 54.3. The smallest absolute Gasteiger partial charge is 0.407 e. The third-order valence-electron chi connectivity index (χ3n) is 10.5. The number of benzene rings is 1. The minimum atomic E-state index is -1.73. The molecule has 0 heterocycles. The third kappa shape index (κ3) is 31.7. The molecule has 0 aliphatic rings. The van der Waals surface area contributed by atoms with E-state index >= 15 is 0 Å². The van der Waals surface area contributed by atoms with Crippen LogP contribution >= 0.6 is 22.6 Å². The Morgan fingerprint density at radius 1 is 0.521 bits per heavy atom. The molecule has 11 N–H and O–H groups in total. The van der Waals surface area contributed by atoms with Crippen molar-refractivity contribution in [3.63, 3.8) is 0 Å². The van der Waals surface area contributed by atoms with E-state index in [0.29, 0.717) is 77.2 Å². The molecule has 0 saturated carbocycles. The van der Waals surface area contributed by atoms with Gasteiger partial charge in [0.15, 0.2) is 0 Å². The Labute approximate surface area is 427 Å². The van der Waals surface area contributed by atoms with Crippen LogP contribution in [0.1, 0.15) is 142 Å². The number of hydrogen-bond donors (Lipinski definition) is 11. The van der Waals surface area contributed by atoms with E-state index in [2.05, 4.69) is 54.5 Å². The van der Waals surface area contributed by atoms with Gasteiger partial charge in [0.2, 0.25) is 23.6 Å². The number of ketones is 1. The molecule has 0 aromatic heterocycles. The van der Waals surface area contributed by atoms with Crippen LogP contribution in [0, 0.1) is 3.57 Å². The molecule has 0 saturated heterocycles. The van der Waals surface area contributed by atoms with Crippen molar-refractivity contribution < 1.29 is 77.9 Å². The Bertz CT molecular complexity index is 1930. The molecule has 1 aromatic carbocycles. The molecule has 1 aromatic rings. The highest BCUT2D eigenvalue weighted by Crippen LogP contribution is 2.12. The van der Waals surface area contributed by atoms with E-state index in [4.69, 9.17) is 9.84 Å². The van der Waals surface area contributed by atoms with E-state index in [1.54, 1.807) is 20.8 Å². The summed E-state index contributed by atoms with van der Waals surface area (Å²) in [5.41, 5.74) is 0.425. The van der Waals surface area contributed by atoms with Crippen molar-refractivity contribution in [2.24, 2.45) is 0 Å². The first-order valence-electron chi connectivity index (χ1n) is 23.8. The molecular formula is C47H72IN7O16. The predicted octanol–water partition coefficient (Wildman–Crippen LogP) is 3.53. The molecule has 71 heavy (non-hydrogen) atoms. The second kappa shape index (κ2) is 35.1. The highest BCUT2D eigenvalue weighted by atomic mass is 127. The molecule has 0 radical (unpaired) electrons. The summed E-state index contributed by atoms with van der Waals surface area (Å²) in [7, 11) is 0. The average Bonchev–Trinajstić information content (AvgIpc) is 3.28. The Morgan fingerprint density at radius 3 is 1.56 bits per heavy atom. The van der Waals surface area contributed by atoms with E-state index in [9.17, 15) is 68.1 Å². The SMILES string of the molecule is CC(C)(C)OC(=O)NCCCCC(NC(=O)CCCCCCCNC(=O)CCC(NC(=O)NC(CCC(=O)O)C(=O)O)C(=O)O)C(=O)NC(CCCCNC(=O)CCCc1ccc(I)cc1)C(=O)C(=O)O. The Hall–Kier alpha value is -6.08. The number of unbranched alkanes of at least 4 members (excludes halogenated alkanes) is 6. The maximum absolute atomic E-state index is 13.6. The van der Waals surface area contributed by atoms with Gasteiger partial charge in [0.1, 0.15) is 23.7 Å². The number of carboxylic acid groups (broad SMARTS) is 4. The molecule has 1 rings (SSSR count). The van der Waals surface area contributed by atoms with Gasteiger partial charge in [-0.05, 0) is 138 Å². The van der Waals surface area contributed by atoms with Gasteiger partial charge in [-0.25, -0.2) is 24.0 Å². The number of Topliss-reactive ketones (excluding diaryl/α,β-unsaturated/α-hetero) is 1. The van der Waals surface area contributed by atoms with Gasteiger partial charge in [-0.1, -0.05) is 31.4 Å². The van der Waals surface area contributed by atoms with Gasteiger partial charge in [0, 0.05) is 48.9 Å². The van der Waals surface area contributed by atoms with Crippen LogP contribution in [0.2, 0.25) is 0 Å². The number of rotatable bonds is 37. The number of carbonyl (C=O) groups is 11. The molecular weight excluding hydrogens is 1050 g/mol. The van der Waals surface area contributed by atoms with Gasteiger partial charge in [0.05, 0.1) is 6.04 Å². The molecule has 4 unspecified atom stereocenters. The molecule has 24 heteroatoms. The van der Waals surface area contributed by atoms with E-state index < -0.39 is 102 Å². The molecule has 4 atom stereocenters. The van der Waals surface area contributed by atoms with Crippen molar-refractivity contribution in [1.29, 1.82) is 0 Å². The van der Waals surface area contributed by atoms with Crippen molar-refractivity contribution in [3.8, 4) is 0 Å². The van der Waals surface area contributed by atoms with Gasteiger partial charge in [0.25, 0.3) is 5.78 Å². The van der Waals surface area contributed by atoms with Crippen LogP contribution in [-0.4, -0.2) is 135 Å². The molecule has 0 bridgehead atoms. The maximum atomic E-state index is 13.6. The molecule has 398 valence electrons. The molecule has 0 aliphatic heterocycles. The predicted molar refractivity (Wildman–Crippen MR) is 265 cm³/mol. The van der Waals surface area contributed by atoms with Crippen LogP contribution < -0.4 is 37.2 Å². The van der Waals surface area contributed by atoms with Gasteiger partial charge in [-0.3, -0.25) is 28.8 Å². The number of aryl methyl sites for hydroxylation is 1. The van der Waals surface area contributed by atoms with E-state index in [0.717, 1.165) is 15.6 Å². The Kier molecular flexibility index (Phi) is 31.1. The third-order valence-corrected chi connectivity index (χ3v) is 11.2. The highest BCUT2D eigenvalue weighted by Gasteiger charge is 2.30. The van der Waals surface area contributed by atoms with Gasteiger partial charge >= 0.3 is 36.0 Å². The van der Waals surface area contributed by atoms with Gasteiger partial charge < -0.3 is 62.4 Å². The Balaban J connectivity index is 2.63. The lowest BCUT2D eigenvalue weighted by Crippen LogP contribution is -2.52. The standard InChI is InChI=1S/C47H72IN7O16/c1-47(2,3)71-46(70)51-29-12-9-16-33(41(62)53-32(40(61)44(67)68)15-8-11-28-49-36(56)18-13-14-30-19-21-31(48)22-20-30)52-38(58)17-7-5-4-6-10-27-50-37(57)25-23-34(42(63)64)54-45(69)55-35(43(65)66)24-26-39(59)60/h19-22,32-35H,4-18,23-29H2,1-3H3,(H,49,56)(H,50,57)(H,51,70)(H,52,58)(H,53,62)(H,59,60)(H,63,64)(H,65,66)(H,67,68)(H2,54,55,69). The maximum Gasteiger partial charge on any atom is 0.407 e. The molecule has 23 nitrogen and oxygen atoms in total. The number of ether oxygens (including phenoxy) is 1. The number of urea groups is 1. The van der Waals surface area contributed by atoms with Crippen molar-refractivity contribution in [2.45, 2.75) is 173 Å². The zero-order chi connectivity index (χ0) is 53.4. The number of carboxylic acids is 4. The van der Waals surface area contributed by atoms with Crippen molar-refractivity contribution in [1.82, 2.24) is 37.2 Å². The number of aliphatic carboxylic acids is 4. The lowest BCUT2D eigenvalue weighted by Gasteiger charge is -2.22. The number of carbonyl (C=O) groups excluding carboxylic acids is 7. The fourth-order valence-corrected chi connectivity index (χ4v) is 7.13. The van der Waals surface area contributed by atoms with Crippen molar-refractivity contribution >= 4 is 88.0 Å². The van der Waals surface area contributed by atoms with Crippen molar-refractivity contribution in [3.05, 3.63) is 33.4 Å².